The van der Waals surface area contributed by atoms with Crippen LogP contribution in [0.3, 0.4) is 0 Å². The number of carbonyl (C=O) groups is 1. The number of carbonyl (C=O) groups excluding carboxylic acids is 1. The summed E-state index contributed by atoms with van der Waals surface area (Å²) in [5.41, 5.74) is 0. The van der Waals surface area contributed by atoms with E-state index in [0.717, 1.165) is 6.08 Å². The first-order valence-electron chi connectivity index (χ1n) is 1.51. The first kappa shape index (κ1) is 10.8. The van der Waals surface area contributed by atoms with Crippen molar-refractivity contribution in [2.75, 3.05) is 7.11 Å². The minimum absolute atomic E-state index is 0. The third-order valence-corrected chi connectivity index (χ3v) is 0.368. The molecule has 0 aliphatic carbocycles. The molecular formula is C4H6KO2+. The van der Waals surface area contributed by atoms with E-state index in [1.54, 1.807) is 0 Å². The van der Waals surface area contributed by atoms with Crippen LogP contribution in [0.25, 0.3) is 0 Å². The van der Waals surface area contributed by atoms with Crippen LogP contribution in [0.15, 0.2) is 12.7 Å². The normalized spacial score (nSPS) is 5.86. The van der Waals surface area contributed by atoms with Crippen molar-refractivity contribution in [2.45, 2.75) is 0 Å². The monoisotopic (exact) mass is 125 g/mol. The van der Waals surface area contributed by atoms with Crippen LogP contribution in [-0.2, 0) is 9.53 Å². The van der Waals surface area contributed by atoms with E-state index < -0.39 is 5.97 Å². The Balaban J connectivity index is 0. The fourth-order valence-electron chi connectivity index (χ4n) is 0.0833. The van der Waals surface area contributed by atoms with E-state index >= 15 is 0 Å². The molecule has 0 aliphatic heterocycles. The molecule has 0 saturated carbocycles. The molecule has 0 radical (unpaired) electrons. The van der Waals surface area contributed by atoms with Gasteiger partial charge in [-0.25, -0.2) is 4.79 Å². The third kappa shape index (κ3) is 6.85. The topological polar surface area (TPSA) is 26.3 Å². The van der Waals surface area contributed by atoms with E-state index in [0.29, 0.717) is 0 Å². The molecule has 0 amide bonds. The number of hydrogen-bond acceptors (Lipinski definition) is 2. The van der Waals surface area contributed by atoms with Crippen molar-refractivity contribution in [1.82, 2.24) is 0 Å². The Morgan fingerprint density at radius 2 is 2.29 bits per heavy atom. The molecule has 0 bridgehead atoms. The fraction of sp³-hybridized carbons (Fsp3) is 0.250. The van der Waals surface area contributed by atoms with E-state index in [1.165, 1.54) is 7.11 Å². The SMILES string of the molecule is C=CC(=O)OC.[K+]. The molecule has 0 spiro atoms. The van der Waals surface area contributed by atoms with Crippen molar-refractivity contribution in [3.8, 4) is 0 Å². The van der Waals surface area contributed by atoms with Crippen molar-refractivity contribution in [1.29, 1.82) is 0 Å². The van der Waals surface area contributed by atoms with Gasteiger partial charge in [-0.15, -0.1) is 0 Å². The van der Waals surface area contributed by atoms with Crippen LogP contribution in [-0.4, -0.2) is 13.1 Å². The van der Waals surface area contributed by atoms with E-state index in [-0.39, 0.29) is 51.4 Å². The quantitative estimate of drug-likeness (QED) is 0.217. The molecule has 3 heteroatoms. The third-order valence-electron chi connectivity index (χ3n) is 0.368. The van der Waals surface area contributed by atoms with Crippen molar-refractivity contribution >= 4 is 5.97 Å². The minimum atomic E-state index is -0.394. The number of ether oxygens (including phenoxy) is 1. The Bertz CT molecular complexity index is 70.1. The van der Waals surface area contributed by atoms with Gasteiger partial charge in [0.25, 0.3) is 0 Å². The first-order chi connectivity index (χ1) is 2.81. The van der Waals surface area contributed by atoms with Crippen molar-refractivity contribution in [3.63, 3.8) is 0 Å². The molecule has 0 heterocycles. The molecule has 34 valence electrons. The van der Waals surface area contributed by atoms with Gasteiger partial charge in [-0.05, 0) is 0 Å². The molecule has 0 N–H and O–H groups in total. The zero-order chi connectivity index (χ0) is 4.99. The Hall–Kier alpha value is 0.846. The molecule has 0 saturated heterocycles. The zero-order valence-electron chi connectivity index (χ0n) is 4.60. The van der Waals surface area contributed by atoms with Gasteiger partial charge in [0.2, 0.25) is 0 Å². The van der Waals surface area contributed by atoms with Gasteiger partial charge in [0, 0.05) is 6.08 Å². The van der Waals surface area contributed by atoms with Gasteiger partial charge in [0.05, 0.1) is 7.11 Å². The predicted octanol–water partition coefficient (Wildman–Crippen LogP) is -2.65. The second-order valence-corrected chi connectivity index (χ2v) is 0.727. The van der Waals surface area contributed by atoms with E-state index in [4.69, 9.17) is 0 Å². The molecule has 0 atom stereocenters. The maximum atomic E-state index is 9.84. The van der Waals surface area contributed by atoms with Gasteiger partial charge in [-0.3, -0.25) is 0 Å². The smallest absolute Gasteiger partial charge is 0.466 e. The fourth-order valence-corrected chi connectivity index (χ4v) is 0.0833. The van der Waals surface area contributed by atoms with Crippen molar-refractivity contribution in [2.24, 2.45) is 0 Å². The van der Waals surface area contributed by atoms with Gasteiger partial charge in [0.1, 0.15) is 0 Å². The minimum Gasteiger partial charge on any atom is -0.466 e. The van der Waals surface area contributed by atoms with Crippen LogP contribution in [0, 0.1) is 0 Å². The maximum absolute atomic E-state index is 9.84. The van der Waals surface area contributed by atoms with E-state index in [9.17, 15) is 4.79 Å². The summed E-state index contributed by atoms with van der Waals surface area (Å²) >= 11 is 0. The van der Waals surface area contributed by atoms with Crippen molar-refractivity contribution < 1.29 is 60.9 Å². The molecule has 0 fully saturated rings. The molecule has 7 heavy (non-hydrogen) atoms. The second kappa shape index (κ2) is 6.85. The van der Waals surface area contributed by atoms with Gasteiger partial charge in [0.15, 0.2) is 0 Å². The second-order valence-electron chi connectivity index (χ2n) is 0.727. The number of hydrogen-bond donors (Lipinski definition) is 0. The molecule has 0 aromatic rings. The number of rotatable bonds is 1. The van der Waals surface area contributed by atoms with Gasteiger partial charge >= 0.3 is 57.4 Å². The molecule has 2 nitrogen and oxygen atoms in total. The first-order valence-corrected chi connectivity index (χ1v) is 1.51. The average molecular weight is 125 g/mol. The molecule has 0 unspecified atom stereocenters. The van der Waals surface area contributed by atoms with Crippen LogP contribution >= 0.6 is 0 Å². The number of methoxy groups -OCH3 is 1. The van der Waals surface area contributed by atoms with E-state index in [2.05, 4.69) is 11.3 Å². The molecule has 0 rings (SSSR count). The van der Waals surface area contributed by atoms with Crippen LogP contribution in [0.4, 0.5) is 0 Å². The van der Waals surface area contributed by atoms with Crippen LogP contribution in [0.2, 0.25) is 0 Å². The van der Waals surface area contributed by atoms with Crippen molar-refractivity contribution in [3.05, 3.63) is 12.7 Å². The Labute approximate surface area is 85.3 Å². The molecule has 0 aromatic carbocycles. The molecule has 0 aliphatic rings. The Morgan fingerprint density at radius 1 is 1.86 bits per heavy atom. The van der Waals surface area contributed by atoms with Crippen LogP contribution in [0.5, 0.6) is 0 Å². The molecule has 0 aromatic heterocycles. The van der Waals surface area contributed by atoms with Crippen LogP contribution in [0.1, 0.15) is 0 Å². The summed E-state index contributed by atoms with van der Waals surface area (Å²) in [5, 5.41) is 0. The van der Waals surface area contributed by atoms with E-state index in [1.807, 2.05) is 0 Å². The summed E-state index contributed by atoms with van der Waals surface area (Å²) in [5.74, 6) is -0.394. The summed E-state index contributed by atoms with van der Waals surface area (Å²) in [6.07, 6.45) is 1.11. The van der Waals surface area contributed by atoms with Gasteiger partial charge in [-0.1, -0.05) is 6.58 Å². The Kier molecular flexibility index (Phi) is 10.5. The predicted molar refractivity (Wildman–Crippen MR) is 22.2 cm³/mol. The summed E-state index contributed by atoms with van der Waals surface area (Å²) in [7, 11) is 1.31. The van der Waals surface area contributed by atoms with Crippen LogP contribution < -0.4 is 51.4 Å². The summed E-state index contributed by atoms with van der Waals surface area (Å²) < 4.78 is 4.14. The molecular weight excluding hydrogens is 119 g/mol. The Morgan fingerprint density at radius 3 is 2.29 bits per heavy atom. The average Bonchev–Trinajstić information content (AvgIpc) is 1.65. The zero-order valence-corrected chi connectivity index (χ0v) is 7.72. The van der Waals surface area contributed by atoms with Gasteiger partial charge in [-0.2, -0.15) is 0 Å². The maximum Gasteiger partial charge on any atom is 1.00 e. The largest absolute Gasteiger partial charge is 1.00 e. The number of esters is 1. The summed E-state index contributed by atoms with van der Waals surface area (Å²) in [4.78, 5) is 9.84. The van der Waals surface area contributed by atoms with Gasteiger partial charge < -0.3 is 4.74 Å². The summed E-state index contributed by atoms with van der Waals surface area (Å²) in [6.45, 7) is 3.16. The summed E-state index contributed by atoms with van der Waals surface area (Å²) in [6, 6.07) is 0. The standard InChI is InChI=1S/C4H6O2.K/c1-3-4(5)6-2;/h3H,1H2,2H3;/q;+1.